The van der Waals surface area contributed by atoms with Gasteiger partial charge in [-0.1, -0.05) is 0 Å². The summed E-state index contributed by atoms with van der Waals surface area (Å²) in [5, 5.41) is 0. The number of halogens is 1. The van der Waals surface area contributed by atoms with Gasteiger partial charge in [0, 0.05) is 5.41 Å². The summed E-state index contributed by atoms with van der Waals surface area (Å²) in [5.74, 6) is 0.491. The minimum atomic E-state index is -0.795. The molecule has 2 fully saturated rings. The van der Waals surface area contributed by atoms with Crippen molar-refractivity contribution >= 4 is 0 Å². The second kappa shape index (κ2) is 4.26. The van der Waals surface area contributed by atoms with Crippen molar-refractivity contribution in [2.45, 2.75) is 65.0 Å². The monoisotopic (exact) mass is 230 g/mol. The zero-order chi connectivity index (χ0) is 11.9. The zero-order valence-corrected chi connectivity index (χ0v) is 10.7. The molecule has 0 aromatic heterocycles. The van der Waals surface area contributed by atoms with E-state index in [-0.39, 0.29) is 23.7 Å². The summed E-state index contributed by atoms with van der Waals surface area (Å²) < 4.78 is 25.3. The standard InChI is InChI=1S/C13H23FO2/c1-8(2)15-7-13-6-10(13)5-11(14)12(13)16-9(3)4/h8-12H,5-7H2,1-4H3/t10-,11-,12-,13-/m0/s1. The van der Waals surface area contributed by atoms with Crippen LogP contribution in [-0.4, -0.2) is 31.1 Å². The topological polar surface area (TPSA) is 18.5 Å². The van der Waals surface area contributed by atoms with Crippen LogP contribution in [0.15, 0.2) is 0 Å². The molecule has 0 bridgehead atoms. The summed E-state index contributed by atoms with van der Waals surface area (Å²) >= 11 is 0. The van der Waals surface area contributed by atoms with E-state index in [0.29, 0.717) is 18.9 Å². The molecule has 0 unspecified atom stereocenters. The molecule has 94 valence electrons. The van der Waals surface area contributed by atoms with Crippen LogP contribution >= 0.6 is 0 Å². The molecule has 16 heavy (non-hydrogen) atoms. The Balaban J connectivity index is 1.97. The smallest absolute Gasteiger partial charge is 0.127 e. The van der Waals surface area contributed by atoms with Crippen LogP contribution in [0.5, 0.6) is 0 Å². The van der Waals surface area contributed by atoms with Crippen LogP contribution < -0.4 is 0 Å². The molecule has 0 radical (unpaired) electrons. The molecule has 0 aromatic carbocycles. The lowest BCUT2D eigenvalue weighted by Crippen LogP contribution is -2.36. The van der Waals surface area contributed by atoms with Gasteiger partial charge in [0.2, 0.25) is 0 Å². The maximum Gasteiger partial charge on any atom is 0.127 e. The first-order valence-corrected chi connectivity index (χ1v) is 6.37. The van der Waals surface area contributed by atoms with E-state index in [1.54, 1.807) is 0 Å². The van der Waals surface area contributed by atoms with Gasteiger partial charge < -0.3 is 9.47 Å². The van der Waals surface area contributed by atoms with Gasteiger partial charge in [0.05, 0.1) is 24.9 Å². The first kappa shape index (κ1) is 12.3. The number of rotatable bonds is 5. The largest absolute Gasteiger partial charge is 0.378 e. The summed E-state index contributed by atoms with van der Waals surface area (Å²) in [6, 6.07) is 0. The van der Waals surface area contributed by atoms with Crippen LogP contribution in [0, 0.1) is 11.3 Å². The molecule has 2 rings (SSSR count). The number of hydrogen-bond donors (Lipinski definition) is 0. The SMILES string of the molecule is CC(C)OC[C@@]12C[C@@H]1C[C@H](F)[C@@H]2OC(C)C. The molecule has 0 amide bonds. The molecule has 4 atom stereocenters. The van der Waals surface area contributed by atoms with Gasteiger partial charge in [-0.25, -0.2) is 4.39 Å². The summed E-state index contributed by atoms with van der Waals surface area (Å²) in [4.78, 5) is 0. The van der Waals surface area contributed by atoms with Gasteiger partial charge in [0.15, 0.2) is 0 Å². The van der Waals surface area contributed by atoms with E-state index in [4.69, 9.17) is 9.47 Å². The normalized spacial score (nSPS) is 41.8. The van der Waals surface area contributed by atoms with E-state index in [1.165, 1.54) is 0 Å². The first-order valence-electron chi connectivity index (χ1n) is 6.37. The van der Waals surface area contributed by atoms with Crippen molar-refractivity contribution in [1.29, 1.82) is 0 Å². The van der Waals surface area contributed by atoms with Gasteiger partial charge in [-0.2, -0.15) is 0 Å². The fourth-order valence-electron chi connectivity index (χ4n) is 2.92. The molecule has 0 spiro atoms. The van der Waals surface area contributed by atoms with E-state index in [9.17, 15) is 4.39 Å². The van der Waals surface area contributed by atoms with Gasteiger partial charge >= 0.3 is 0 Å². The average molecular weight is 230 g/mol. The number of ether oxygens (including phenoxy) is 2. The predicted octanol–water partition coefficient (Wildman–Crippen LogP) is 2.95. The van der Waals surface area contributed by atoms with Crippen molar-refractivity contribution in [3.63, 3.8) is 0 Å². The van der Waals surface area contributed by atoms with E-state index in [1.807, 2.05) is 27.7 Å². The third-order valence-corrected chi connectivity index (χ3v) is 3.79. The Hall–Kier alpha value is -0.150. The van der Waals surface area contributed by atoms with Crippen LogP contribution in [0.4, 0.5) is 4.39 Å². The van der Waals surface area contributed by atoms with Gasteiger partial charge in [-0.15, -0.1) is 0 Å². The Morgan fingerprint density at radius 2 is 1.94 bits per heavy atom. The van der Waals surface area contributed by atoms with Gasteiger partial charge in [0.25, 0.3) is 0 Å². The van der Waals surface area contributed by atoms with E-state index in [2.05, 4.69) is 0 Å². The molecule has 2 aliphatic rings. The van der Waals surface area contributed by atoms with Crippen LogP contribution in [0.3, 0.4) is 0 Å². The first-order chi connectivity index (χ1) is 7.45. The van der Waals surface area contributed by atoms with E-state index in [0.717, 1.165) is 6.42 Å². The summed E-state index contributed by atoms with van der Waals surface area (Å²) in [5.41, 5.74) is -0.00600. The van der Waals surface area contributed by atoms with Gasteiger partial charge in [-0.05, 0) is 46.5 Å². The lowest BCUT2D eigenvalue weighted by molar-refractivity contribution is -0.0876. The third-order valence-electron chi connectivity index (χ3n) is 3.79. The van der Waals surface area contributed by atoms with E-state index < -0.39 is 6.17 Å². The van der Waals surface area contributed by atoms with Crippen LogP contribution in [0.1, 0.15) is 40.5 Å². The maximum absolute atomic E-state index is 13.8. The lowest BCUT2D eigenvalue weighted by atomic mass is 10.0. The van der Waals surface area contributed by atoms with Gasteiger partial charge in [0.1, 0.15) is 6.17 Å². The highest BCUT2D eigenvalue weighted by Gasteiger charge is 2.67. The Kier molecular flexibility index (Phi) is 3.28. The molecule has 0 saturated heterocycles. The molecular formula is C13H23FO2. The van der Waals surface area contributed by atoms with Crippen molar-refractivity contribution < 1.29 is 13.9 Å². The Morgan fingerprint density at radius 1 is 1.25 bits per heavy atom. The molecule has 2 nitrogen and oxygen atoms in total. The fourth-order valence-corrected chi connectivity index (χ4v) is 2.92. The zero-order valence-electron chi connectivity index (χ0n) is 10.7. The minimum Gasteiger partial charge on any atom is -0.378 e. The second-order valence-electron chi connectivity index (χ2n) is 5.85. The summed E-state index contributed by atoms with van der Waals surface area (Å²) in [6.45, 7) is 8.65. The number of alkyl halides is 1. The second-order valence-corrected chi connectivity index (χ2v) is 5.85. The highest BCUT2D eigenvalue weighted by Crippen LogP contribution is 2.65. The molecular weight excluding hydrogens is 207 g/mol. The molecule has 0 aliphatic heterocycles. The molecule has 2 saturated carbocycles. The molecule has 3 heteroatoms. The van der Waals surface area contributed by atoms with Crippen LogP contribution in [0.2, 0.25) is 0 Å². The van der Waals surface area contributed by atoms with Crippen molar-refractivity contribution in [2.24, 2.45) is 11.3 Å². The Bertz CT molecular complexity index is 254. The maximum atomic E-state index is 13.8. The quantitative estimate of drug-likeness (QED) is 0.723. The third kappa shape index (κ3) is 2.12. The van der Waals surface area contributed by atoms with Gasteiger partial charge in [-0.3, -0.25) is 0 Å². The van der Waals surface area contributed by atoms with E-state index >= 15 is 0 Å². The van der Waals surface area contributed by atoms with Crippen LogP contribution in [0.25, 0.3) is 0 Å². The summed E-state index contributed by atoms with van der Waals surface area (Å²) in [7, 11) is 0. The Morgan fingerprint density at radius 3 is 2.50 bits per heavy atom. The molecule has 0 aromatic rings. The average Bonchev–Trinajstić information content (AvgIpc) is 2.79. The molecule has 0 heterocycles. The highest BCUT2D eigenvalue weighted by molar-refractivity contribution is 5.16. The lowest BCUT2D eigenvalue weighted by Gasteiger charge is -2.28. The van der Waals surface area contributed by atoms with Crippen molar-refractivity contribution in [1.82, 2.24) is 0 Å². The number of hydrogen-bond acceptors (Lipinski definition) is 2. The number of fused-ring (bicyclic) bond motifs is 1. The minimum absolute atomic E-state index is 0.00600. The van der Waals surface area contributed by atoms with Crippen molar-refractivity contribution in [2.75, 3.05) is 6.61 Å². The predicted molar refractivity (Wildman–Crippen MR) is 61.2 cm³/mol. The highest BCUT2D eigenvalue weighted by atomic mass is 19.1. The van der Waals surface area contributed by atoms with Crippen LogP contribution in [-0.2, 0) is 9.47 Å². The Labute approximate surface area is 97.5 Å². The summed E-state index contributed by atoms with van der Waals surface area (Å²) in [6.07, 6.45) is 1.02. The van der Waals surface area contributed by atoms with Crippen molar-refractivity contribution in [3.8, 4) is 0 Å². The fraction of sp³-hybridized carbons (Fsp3) is 1.00. The molecule has 0 N–H and O–H groups in total. The van der Waals surface area contributed by atoms with Crippen molar-refractivity contribution in [3.05, 3.63) is 0 Å². The molecule has 2 aliphatic carbocycles.